The molecule has 8 nitrogen and oxygen atoms in total. The third-order valence-electron chi connectivity index (χ3n) is 4.01. The summed E-state index contributed by atoms with van der Waals surface area (Å²) in [6, 6.07) is 6.68. The first-order valence-corrected chi connectivity index (χ1v) is 9.14. The fourth-order valence-electron chi connectivity index (χ4n) is 2.46. The number of hydrogen-bond acceptors (Lipinski definition) is 6. The lowest BCUT2D eigenvalue weighted by Crippen LogP contribution is -2.37. The van der Waals surface area contributed by atoms with Crippen molar-refractivity contribution in [2.24, 2.45) is 14.1 Å². The maximum atomic E-state index is 12.0. The number of fused-ring (bicyclic) bond motifs is 1. The van der Waals surface area contributed by atoms with Gasteiger partial charge in [-0.25, -0.2) is 4.79 Å². The molecule has 0 aliphatic carbocycles. The van der Waals surface area contributed by atoms with E-state index in [1.807, 2.05) is 0 Å². The predicted octanol–water partition coefficient (Wildman–Crippen LogP) is 1.07. The molecule has 9 heteroatoms. The van der Waals surface area contributed by atoms with Gasteiger partial charge in [0.25, 0.3) is 5.56 Å². The molecule has 3 rings (SSSR count). The smallest absolute Gasteiger partial charge is 0.330 e. The molecule has 1 aromatic heterocycles. The summed E-state index contributed by atoms with van der Waals surface area (Å²) in [5.41, 5.74) is 0.607. The van der Waals surface area contributed by atoms with E-state index >= 15 is 0 Å². The molecular weight excluding hydrogens is 358 g/mol. The topological polar surface area (TPSA) is 91.6 Å². The lowest BCUT2D eigenvalue weighted by Gasteiger charge is -2.09. The Morgan fingerprint density at radius 1 is 1.15 bits per heavy atom. The fourth-order valence-corrected chi connectivity index (χ4v) is 3.42. The van der Waals surface area contributed by atoms with E-state index in [1.54, 1.807) is 25.2 Å². The summed E-state index contributed by atoms with van der Waals surface area (Å²) in [6.07, 6.45) is 0.317. The van der Waals surface area contributed by atoms with Crippen molar-refractivity contribution in [2.45, 2.75) is 12.2 Å². The minimum absolute atomic E-state index is 0.116. The molecule has 138 valence electrons. The lowest BCUT2D eigenvalue weighted by atomic mass is 10.2. The van der Waals surface area contributed by atoms with Crippen molar-refractivity contribution in [2.75, 3.05) is 17.9 Å². The van der Waals surface area contributed by atoms with E-state index in [9.17, 15) is 14.4 Å². The first kappa shape index (κ1) is 18.1. The zero-order valence-corrected chi connectivity index (χ0v) is 15.3. The number of nitrogens with zero attached hydrogens (tertiary/aromatic N) is 2. The number of nitrogens with one attached hydrogen (secondary N) is 1. The second-order valence-corrected chi connectivity index (χ2v) is 6.90. The number of benzene rings is 1. The molecule has 2 aromatic rings. The van der Waals surface area contributed by atoms with Gasteiger partial charge in [0.15, 0.2) is 11.5 Å². The molecule has 1 aliphatic rings. The number of thioether (sulfide) groups is 1. The van der Waals surface area contributed by atoms with Gasteiger partial charge in [0.1, 0.15) is 0 Å². The van der Waals surface area contributed by atoms with Crippen molar-refractivity contribution in [3.05, 3.63) is 50.8 Å². The summed E-state index contributed by atoms with van der Waals surface area (Å²) in [5.74, 6) is 2.22. The third kappa shape index (κ3) is 3.93. The van der Waals surface area contributed by atoms with Gasteiger partial charge >= 0.3 is 5.69 Å². The molecule has 0 radical (unpaired) electrons. The van der Waals surface area contributed by atoms with Crippen LogP contribution >= 0.6 is 11.8 Å². The summed E-state index contributed by atoms with van der Waals surface area (Å²) in [7, 11) is 3.08. The minimum Gasteiger partial charge on any atom is -0.454 e. The predicted molar refractivity (Wildman–Crippen MR) is 98.9 cm³/mol. The van der Waals surface area contributed by atoms with Crippen molar-refractivity contribution in [1.29, 1.82) is 0 Å². The van der Waals surface area contributed by atoms with E-state index in [-0.39, 0.29) is 23.9 Å². The number of carbonyl (C=O) groups is 1. The summed E-state index contributed by atoms with van der Waals surface area (Å²) >= 11 is 1.49. The van der Waals surface area contributed by atoms with Gasteiger partial charge in [-0.05, 0) is 12.1 Å². The first-order chi connectivity index (χ1) is 12.5. The van der Waals surface area contributed by atoms with Crippen LogP contribution in [0.5, 0.6) is 11.5 Å². The average Bonchev–Trinajstić information content (AvgIpc) is 3.08. The van der Waals surface area contributed by atoms with Crippen LogP contribution in [-0.2, 0) is 24.6 Å². The molecule has 0 spiro atoms. The van der Waals surface area contributed by atoms with Crippen LogP contribution in [-0.4, -0.2) is 27.6 Å². The maximum Gasteiger partial charge on any atom is 0.330 e. The number of carbonyl (C=O) groups excluding carboxylic acids is 1. The largest absolute Gasteiger partial charge is 0.454 e. The minimum atomic E-state index is -0.353. The van der Waals surface area contributed by atoms with Crippen LogP contribution in [0.15, 0.2) is 33.9 Å². The Hall–Kier alpha value is -2.68. The maximum absolute atomic E-state index is 12.0. The van der Waals surface area contributed by atoms with E-state index in [0.29, 0.717) is 40.8 Å². The van der Waals surface area contributed by atoms with Crippen molar-refractivity contribution in [1.82, 2.24) is 9.13 Å². The van der Waals surface area contributed by atoms with Gasteiger partial charge in [0.05, 0.1) is 0 Å². The van der Waals surface area contributed by atoms with Gasteiger partial charge in [-0.15, -0.1) is 0 Å². The average molecular weight is 377 g/mol. The zero-order valence-electron chi connectivity index (χ0n) is 14.5. The molecule has 26 heavy (non-hydrogen) atoms. The van der Waals surface area contributed by atoms with Crippen LogP contribution < -0.4 is 26.0 Å². The molecule has 0 bridgehead atoms. The van der Waals surface area contributed by atoms with Crippen LogP contribution in [0, 0.1) is 0 Å². The van der Waals surface area contributed by atoms with Crippen LogP contribution in [0.1, 0.15) is 12.1 Å². The van der Waals surface area contributed by atoms with Crippen LogP contribution in [0.25, 0.3) is 0 Å². The molecule has 1 aromatic carbocycles. The van der Waals surface area contributed by atoms with Gasteiger partial charge in [-0.2, -0.15) is 11.8 Å². The second kappa shape index (κ2) is 7.69. The van der Waals surface area contributed by atoms with Gasteiger partial charge in [0.2, 0.25) is 12.7 Å². The van der Waals surface area contributed by atoms with Gasteiger partial charge in [-0.3, -0.25) is 18.7 Å². The van der Waals surface area contributed by atoms with Crippen molar-refractivity contribution < 1.29 is 14.3 Å². The Morgan fingerprint density at radius 2 is 1.92 bits per heavy atom. The summed E-state index contributed by atoms with van der Waals surface area (Å²) < 4.78 is 13.0. The fraction of sp³-hybridized carbons (Fsp3) is 0.353. The van der Waals surface area contributed by atoms with Crippen LogP contribution in [0.3, 0.4) is 0 Å². The monoisotopic (exact) mass is 377 g/mol. The molecule has 1 aliphatic heterocycles. The molecular formula is C17H19N3O5S. The zero-order chi connectivity index (χ0) is 18.7. The normalized spacial score (nSPS) is 12.2. The Balaban J connectivity index is 1.49. The SMILES string of the molecule is Cn1c(CSCCC(=O)Nc2ccc3c(c2)OCO3)cc(=O)n(C)c1=O. The quantitative estimate of drug-likeness (QED) is 0.758. The standard InChI is InChI=1S/C17H19N3O5S/c1-19-12(8-16(22)20(2)17(19)23)9-26-6-5-15(21)18-11-3-4-13-14(7-11)25-10-24-13/h3-4,7-8H,5-6,9-10H2,1-2H3,(H,18,21). The molecule has 0 atom stereocenters. The Labute approximate surface area is 153 Å². The number of hydrogen-bond donors (Lipinski definition) is 1. The summed E-state index contributed by atoms with van der Waals surface area (Å²) in [4.78, 5) is 35.6. The Bertz CT molecular complexity index is 950. The van der Waals surface area contributed by atoms with E-state index < -0.39 is 0 Å². The highest BCUT2D eigenvalue weighted by atomic mass is 32.2. The second-order valence-electron chi connectivity index (χ2n) is 5.79. The molecule has 0 saturated heterocycles. The third-order valence-corrected chi connectivity index (χ3v) is 5.00. The van der Waals surface area contributed by atoms with Crippen molar-refractivity contribution >= 4 is 23.4 Å². The molecule has 1 N–H and O–H groups in total. The van der Waals surface area contributed by atoms with Gasteiger partial charge in [0, 0.05) is 55.5 Å². The molecule has 0 unspecified atom stereocenters. The van der Waals surface area contributed by atoms with Gasteiger partial charge < -0.3 is 14.8 Å². The molecule has 1 amide bonds. The van der Waals surface area contributed by atoms with Crippen molar-refractivity contribution in [3.8, 4) is 11.5 Å². The van der Waals surface area contributed by atoms with E-state index in [0.717, 1.165) is 4.57 Å². The van der Waals surface area contributed by atoms with Crippen LogP contribution in [0.4, 0.5) is 5.69 Å². The van der Waals surface area contributed by atoms with E-state index in [2.05, 4.69) is 5.32 Å². The number of rotatable bonds is 6. The van der Waals surface area contributed by atoms with E-state index in [1.165, 1.54) is 29.4 Å². The van der Waals surface area contributed by atoms with Gasteiger partial charge in [-0.1, -0.05) is 0 Å². The highest BCUT2D eigenvalue weighted by molar-refractivity contribution is 7.98. The number of ether oxygens (including phenoxy) is 2. The molecule has 2 heterocycles. The number of anilines is 1. The molecule has 0 fully saturated rings. The summed E-state index contributed by atoms with van der Waals surface area (Å²) in [5, 5.41) is 2.81. The molecule has 0 saturated carbocycles. The van der Waals surface area contributed by atoms with E-state index in [4.69, 9.17) is 9.47 Å². The van der Waals surface area contributed by atoms with Crippen LogP contribution in [0.2, 0.25) is 0 Å². The highest BCUT2D eigenvalue weighted by Gasteiger charge is 2.14. The number of amides is 1. The number of aromatic nitrogens is 2. The lowest BCUT2D eigenvalue weighted by molar-refractivity contribution is -0.115. The highest BCUT2D eigenvalue weighted by Crippen LogP contribution is 2.34. The summed E-state index contributed by atoms with van der Waals surface area (Å²) in [6.45, 7) is 0.189. The van der Waals surface area contributed by atoms with Crippen molar-refractivity contribution in [3.63, 3.8) is 0 Å². The Morgan fingerprint density at radius 3 is 2.73 bits per heavy atom. The first-order valence-electron chi connectivity index (χ1n) is 7.99. The Kier molecular flexibility index (Phi) is 5.36.